The fraction of sp³-hybridized carbons (Fsp3) is 0.475. The molecule has 0 radical (unpaired) electrons. The van der Waals surface area contributed by atoms with Gasteiger partial charge in [0.1, 0.15) is 34.0 Å². The van der Waals surface area contributed by atoms with E-state index >= 15 is 0 Å². The minimum absolute atomic E-state index is 0.0391. The molecule has 5 N–H and O–H groups in total. The normalized spacial score (nSPS) is 17.1. The Hall–Kier alpha value is -8.96. The summed E-state index contributed by atoms with van der Waals surface area (Å²) < 4.78 is 21.7. The molecular formula is C61H79N15O9. The molecule has 0 saturated carbocycles. The first kappa shape index (κ1) is 62.1. The zero-order valence-corrected chi connectivity index (χ0v) is 51.5. The molecule has 0 unspecified atom stereocenters. The predicted molar refractivity (Wildman–Crippen MR) is 323 cm³/mol. The summed E-state index contributed by atoms with van der Waals surface area (Å²) in [5, 5.41) is 26.2. The number of aliphatic carboxylic acids is 1. The van der Waals surface area contributed by atoms with E-state index in [2.05, 4.69) is 54.7 Å². The lowest BCUT2D eigenvalue weighted by molar-refractivity contribution is -0.143. The first-order chi connectivity index (χ1) is 40.1. The van der Waals surface area contributed by atoms with Gasteiger partial charge in [-0.3, -0.25) is 9.59 Å². The van der Waals surface area contributed by atoms with E-state index in [4.69, 9.17) is 38.5 Å². The van der Waals surface area contributed by atoms with Crippen molar-refractivity contribution in [3.8, 4) is 45.0 Å². The highest BCUT2D eigenvalue weighted by atomic mass is 16.6. The van der Waals surface area contributed by atoms with Crippen LogP contribution in [0.4, 0.5) is 21.5 Å². The highest BCUT2D eigenvalue weighted by Crippen LogP contribution is 2.36. The molecule has 8 aromatic rings. The molecular weight excluding hydrogens is 1090 g/mol. The monoisotopic (exact) mass is 1170 g/mol. The summed E-state index contributed by atoms with van der Waals surface area (Å²) in [4.78, 5) is 89.8. The number of aromatic amines is 2. The third kappa shape index (κ3) is 14.7. The van der Waals surface area contributed by atoms with Crippen molar-refractivity contribution < 1.29 is 42.8 Å². The molecule has 0 aliphatic carbocycles. The Morgan fingerprint density at radius 2 is 1.04 bits per heavy atom. The molecule has 0 spiro atoms. The average molecular weight is 1170 g/mol. The molecule has 10 rings (SSSR count). The number of hydrogen-bond acceptors (Lipinski definition) is 18. The van der Waals surface area contributed by atoms with Crippen molar-refractivity contribution in [3.63, 3.8) is 0 Å². The van der Waals surface area contributed by atoms with Crippen LogP contribution in [0.2, 0.25) is 0 Å². The SMILES string of the molecule is CCC.Cc1cnc(N[C@H]2C[C@@H](C(=O)N(C)C)CN(C(=O)OC(C)(C)C)C2)nc1-c1c[nH]c2nc(-c3c(C)noc3C)ccc12.Cc1cnc(N[C@H]2C[C@@H](C(=O)O)CN(C(=O)OC(C)(C)C)C2)nc1-c1c[nH]c2nc(-c3c(C)noc3C)ccc12. The van der Waals surface area contributed by atoms with Gasteiger partial charge >= 0.3 is 18.2 Å². The second kappa shape index (κ2) is 25.5. The van der Waals surface area contributed by atoms with Gasteiger partial charge < -0.3 is 58.9 Å². The number of hydrogen-bond donors (Lipinski definition) is 5. The molecule has 2 aliphatic rings. The Bertz CT molecular complexity index is 3680. The number of likely N-dealkylation sites (tertiary alicyclic amines) is 2. The van der Waals surface area contributed by atoms with Gasteiger partial charge in [0.05, 0.1) is 57.1 Å². The first-order valence-electron chi connectivity index (χ1n) is 28.5. The molecule has 85 heavy (non-hydrogen) atoms. The van der Waals surface area contributed by atoms with Gasteiger partial charge in [-0.05, 0) is 131 Å². The fourth-order valence-electron chi connectivity index (χ4n) is 10.4. The number of rotatable bonds is 10. The smallest absolute Gasteiger partial charge is 0.410 e. The second-order valence-corrected chi connectivity index (χ2v) is 24.0. The molecule has 452 valence electrons. The van der Waals surface area contributed by atoms with Gasteiger partial charge in [-0.1, -0.05) is 30.6 Å². The molecule has 24 heteroatoms. The van der Waals surface area contributed by atoms with Gasteiger partial charge in [0.25, 0.3) is 0 Å². The van der Waals surface area contributed by atoms with Crippen molar-refractivity contribution in [2.24, 2.45) is 11.8 Å². The van der Waals surface area contributed by atoms with Crippen LogP contribution in [0.25, 0.3) is 67.1 Å². The predicted octanol–water partition coefficient (Wildman–Crippen LogP) is 10.9. The van der Waals surface area contributed by atoms with Gasteiger partial charge in [0.2, 0.25) is 17.8 Å². The molecule has 2 saturated heterocycles. The number of piperidine rings is 2. The summed E-state index contributed by atoms with van der Waals surface area (Å²) in [6.45, 7) is 27.5. The number of anilines is 2. The number of carbonyl (C=O) groups excluding carboxylic acids is 3. The van der Waals surface area contributed by atoms with Crippen LogP contribution in [0.3, 0.4) is 0 Å². The standard InChI is InChI=1S/C30H38N8O4.C28H33N7O5.C3H8/c1-16-12-32-28(33-20-11-19(27(39)37(7)8)14-38(15-20)29(40)41-30(4,5)6)35-25(16)22-13-31-26-21(22)9-10-23(34-26)24-17(2)36-42-18(24)3;1-14-10-30-26(31-18-9-17(25(36)37)12-35(13-18)27(38)39-28(4,5)6)33-23(14)20-11-29-24-19(20)7-8-21(32-24)22-15(2)34-40-16(22)3;1-3-2/h9-10,12-13,19-20H,11,14-15H2,1-8H3,(H,31,34)(H,32,33,35);7-8,10-11,17-18H,9,12-13H2,1-6H3,(H,29,32)(H,36,37)(H,30,31,33);3H2,1-2H3/t19-,20+;17-,18+;/m11./s1. The van der Waals surface area contributed by atoms with E-state index in [1.165, 1.54) is 11.3 Å². The van der Waals surface area contributed by atoms with Crippen LogP contribution in [-0.2, 0) is 19.1 Å². The van der Waals surface area contributed by atoms with Gasteiger partial charge in [0.15, 0.2) is 0 Å². The van der Waals surface area contributed by atoms with E-state index < -0.39 is 35.3 Å². The Labute approximate surface area is 494 Å². The number of carboxylic acid groups (broad SMARTS) is 1. The number of fused-ring (bicyclic) bond motifs is 2. The van der Waals surface area contributed by atoms with Crippen LogP contribution >= 0.6 is 0 Å². The third-order valence-corrected chi connectivity index (χ3v) is 14.1. The highest BCUT2D eigenvalue weighted by molar-refractivity contribution is 5.96. The van der Waals surface area contributed by atoms with Crippen LogP contribution in [0.1, 0.15) is 109 Å². The number of aromatic nitrogens is 10. The van der Waals surface area contributed by atoms with Gasteiger partial charge in [-0.2, -0.15) is 0 Å². The first-order valence-corrected chi connectivity index (χ1v) is 28.5. The number of nitrogens with one attached hydrogen (secondary N) is 4. The second-order valence-electron chi connectivity index (χ2n) is 24.0. The molecule has 0 bridgehead atoms. The Kier molecular flexibility index (Phi) is 18.6. The number of carboxylic acids is 1. The zero-order valence-electron chi connectivity index (χ0n) is 51.5. The van der Waals surface area contributed by atoms with Crippen LogP contribution in [0.5, 0.6) is 0 Å². The number of aryl methyl sites for hydroxylation is 6. The number of H-pyrrole nitrogens is 2. The van der Waals surface area contributed by atoms with Crippen molar-refractivity contribution in [2.45, 2.75) is 139 Å². The summed E-state index contributed by atoms with van der Waals surface area (Å²) in [6, 6.07) is 7.26. The molecule has 10 heterocycles. The summed E-state index contributed by atoms with van der Waals surface area (Å²) in [5.41, 5.74) is 9.94. The number of amides is 3. The Balaban J connectivity index is 0.000000212. The quantitative estimate of drug-likeness (QED) is 0.0850. The lowest BCUT2D eigenvalue weighted by atomic mass is 9.93. The number of pyridine rings is 2. The lowest BCUT2D eigenvalue weighted by Gasteiger charge is -2.38. The third-order valence-electron chi connectivity index (χ3n) is 14.1. The van der Waals surface area contributed by atoms with Gasteiger partial charge in [0, 0.05) is 99.0 Å². The van der Waals surface area contributed by atoms with E-state index in [0.29, 0.717) is 54.9 Å². The van der Waals surface area contributed by atoms with E-state index in [1.54, 1.807) is 57.1 Å². The minimum atomic E-state index is -0.965. The van der Waals surface area contributed by atoms with Crippen molar-refractivity contribution in [2.75, 3.05) is 50.9 Å². The topological polar surface area (TPSA) is 302 Å². The molecule has 8 aromatic heterocycles. The van der Waals surface area contributed by atoms with Crippen molar-refractivity contribution in [1.29, 1.82) is 0 Å². The molecule has 0 aromatic carbocycles. The highest BCUT2D eigenvalue weighted by Gasteiger charge is 2.38. The Morgan fingerprint density at radius 3 is 1.40 bits per heavy atom. The van der Waals surface area contributed by atoms with E-state index in [9.17, 15) is 24.3 Å². The maximum absolute atomic E-state index is 13.0. The van der Waals surface area contributed by atoms with E-state index in [1.807, 2.05) is 99.0 Å². The van der Waals surface area contributed by atoms with Crippen molar-refractivity contribution in [3.05, 3.63) is 83.1 Å². The maximum Gasteiger partial charge on any atom is 0.410 e. The fourth-order valence-corrected chi connectivity index (χ4v) is 10.4. The average Bonchev–Trinajstić information content (AvgIpc) is 4.16. The van der Waals surface area contributed by atoms with Crippen LogP contribution in [0.15, 0.2) is 58.1 Å². The summed E-state index contributed by atoms with van der Waals surface area (Å²) in [6.07, 6.45) is 8.36. The molecule has 2 fully saturated rings. The molecule has 4 atom stereocenters. The Morgan fingerprint density at radius 1 is 0.635 bits per heavy atom. The minimum Gasteiger partial charge on any atom is -0.481 e. The van der Waals surface area contributed by atoms with Crippen LogP contribution in [-0.4, -0.2) is 158 Å². The van der Waals surface area contributed by atoms with Crippen LogP contribution < -0.4 is 10.6 Å². The largest absolute Gasteiger partial charge is 0.481 e. The summed E-state index contributed by atoms with van der Waals surface area (Å²) >= 11 is 0. The molecule has 3 amide bonds. The molecule has 2 aliphatic heterocycles. The van der Waals surface area contributed by atoms with Gasteiger partial charge in [-0.25, -0.2) is 39.5 Å². The van der Waals surface area contributed by atoms with E-state index in [-0.39, 0.29) is 37.0 Å². The summed E-state index contributed by atoms with van der Waals surface area (Å²) in [7, 11) is 3.44. The number of carbonyl (C=O) groups is 4. The number of ether oxygens (including phenoxy) is 2. The number of nitrogens with zero attached hydrogens (tertiary/aromatic N) is 11. The zero-order chi connectivity index (χ0) is 61.8. The van der Waals surface area contributed by atoms with Crippen molar-refractivity contribution in [1.82, 2.24) is 64.9 Å². The van der Waals surface area contributed by atoms with Gasteiger partial charge in [-0.15, -0.1) is 0 Å². The van der Waals surface area contributed by atoms with E-state index in [0.717, 1.165) is 84.0 Å². The molecule has 24 nitrogen and oxygen atoms in total. The maximum atomic E-state index is 13.0. The van der Waals surface area contributed by atoms with Crippen LogP contribution in [0, 0.1) is 53.4 Å². The van der Waals surface area contributed by atoms with Crippen molar-refractivity contribution >= 4 is 58.0 Å². The summed E-state index contributed by atoms with van der Waals surface area (Å²) in [5.74, 6) is 0.0569. The lowest BCUT2D eigenvalue weighted by Crippen LogP contribution is -2.53.